The summed E-state index contributed by atoms with van der Waals surface area (Å²) in [6.07, 6.45) is 2.27. The van der Waals surface area contributed by atoms with Crippen LogP contribution < -0.4 is 0 Å². The van der Waals surface area contributed by atoms with E-state index in [1.165, 1.54) is 0 Å². The number of hydrogen-bond acceptors (Lipinski definition) is 3. The molecule has 0 spiro atoms. The Morgan fingerprint density at radius 3 is 2.75 bits per heavy atom. The summed E-state index contributed by atoms with van der Waals surface area (Å²) in [5, 5.41) is 9.59. The Morgan fingerprint density at radius 2 is 2.19 bits per heavy atom. The number of carbonyl (C=O) groups is 1. The van der Waals surface area contributed by atoms with Gasteiger partial charge in [-0.3, -0.25) is 4.79 Å². The minimum atomic E-state index is -0.139. The summed E-state index contributed by atoms with van der Waals surface area (Å²) < 4.78 is 0. The van der Waals surface area contributed by atoms with E-state index in [1.807, 2.05) is 0 Å². The fraction of sp³-hybridized carbons (Fsp3) is 0.917. The molecule has 0 aromatic rings. The number of hydrogen-bond donors (Lipinski definition) is 1. The van der Waals surface area contributed by atoms with Gasteiger partial charge in [-0.05, 0) is 25.3 Å². The van der Waals surface area contributed by atoms with Crippen LogP contribution in [-0.2, 0) is 4.79 Å². The highest BCUT2D eigenvalue weighted by atomic mass is 16.3. The van der Waals surface area contributed by atoms with E-state index in [-0.39, 0.29) is 12.0 Å². The maximum absolute atomic E-state index is 11.4. The Kier molecular flexibility index (Phi) is 5.22. The van der Waals surface area contributed by atoms with Gasteiger partial charge < -0.3 is 14.9 Å². The Morgan fingerprint density at radius 1 is 1.50 bits per heavy atom. The number of carbonyl (C=O) groups excluding carboxylic acids is 1. The summed E-state index contributed by atoms with van der Waals surface area (Å²) in [6, 6.07) is 0. The molecule has 0 aromatic heterocycles. The summed E-state index contributed by atoms with van der Waals surface area (Å²) in [5.74, 6) is 0.559. The van der Waals surface area contributed by atoms with Crippen molar-refractivity contribution in [3.63, 3.8) is 0 Å². The van der Waals surface area contributed by atoms with E-state index >= 15 is 0 Å². The largest absolute Gasteiger partial charge is 0.393 e. The van der Waals surface area contributed by atoms with Crippen molar-refractivity contribution in [3.05, 3.63) is 0 Å². The lowest BCUT2D eigenvalue weighted by Crippen LogP contribution is -2.42. The number of aliphatic hydroxyl groups excluding tert-OH is 1. The molecule has 0 aromatic carbocycles. The second-order valence-electron chi connectivity index (χ2n) is 5.03. The van der Waals surface area contributed by atoms with Crippen LogP contribution in [0.4, 0.5) is 0 Å². The van der Waals surface area contributed by atoms with Gasteiger partial charge in [-0.2, -0.15) is 0 Å². The van der Waals surface area contributed by atoms with Crippen LogP contribution >= 0.6 is 0 Å². The van der Waals surface area contributed by atoms with Gasteiger partial charge >= 0.3 is 0 Å². The minimum absolute atomic E-state index is 0.139. The predicted octanol–water partition coefficient (Wildman–Crippen LogP) is 0.557. The number of piperidine rings is 1. The molecule has 0 saturated carbocycles. The van der Waals surface area contributed by atoms with Gasteiger partial charge in [0.25, 0.3) is 0 Å². The van der Waals surface area contributed by atoms with Crippen molar-refractivity contribution in [2.75, 3.05) is 33.7 Å². The molecule has 1 fully saturated rings. The van der Waals surface area contributed by atoms with Crippen LogP contribution in [0.25, 0.3) is 0 Å². The van der Waals surface area contributed by atoms with Gasteiger partial charge in [0.15, 0.2) is 0 Å². The molecule has 4 nitrogen and oxygen atoms in total. The van der Waals surface area contributed by atoms with E-state index in [2.05, 4.69) is 11.8 Å². The molecule has 1 aliphatic heterocycles. The highest BCUT2D eigenvalue weighted by Crippen LogP contribution is 2.16. The predicted molar refractivity (Wildman–Crippen MR) is 64.2 cm³/mol. The van der Waals surface area contributed by atoms with Gasteiger partial charge in [0, 0.05) is 33.6 Å². The molecule has 1 aliphatic rings. The zero-order valence-electron chi connectivity index (χ0n) is 10.6. The molecule has 1 rings (SSSR count). The standard InChI is InChI=1S/C12H24N2O2/c1-10-9-14(8-6-11(10)15)7-4-5-12(16)13(2)3/h10-11,15H,4-9H2,1-3H3. The molecular weight excluding hydrogens is 204 g/mol. The van der Waals surface area contributed by atoms with E-state index in [0.29, 0.717) is 12.3 Å². The fourth-order valence-corrected chi connectivity index (χ4v) is 2.10. The van der Waals surface area contributed by atoms with Crippen LogP contribution in [0.3, 0.4) is 0 Å². The van der Waals surface area contributed by atoms with Crippen LogP contribution in [0, 0.1) is 5.92 Å². The molecule has 16 heavy (non-hydrogen) atoms. The minimum Gasteiger partial charge on any atom is -0.393 e. The van der Waals surface area contributed by atoms with Crippen molar-refractivity contribution in [1.29, 1.82) is 0 Å². The van der Waals surface area contributed by atoms with Gasteiger partial charge in [0.2, 0.25) is 5.91 Å². The Hall–Kier alpha value is -0.610. The first-order valence-electron chi connectivity index (χ1n) is 6.11. The lowest BCUT2D eigenvalue weighted by atomic mass is 9.96. The smallest absolute Gasteiger partial charge is 0.222 e. The molecule has 2 unspecified atom stereocenters. The average molecular weight is 228 g/mol. The summed E-state index contributed by atoms with van der Waals surface area (Å²) in [5.41, 5.74) is 0. The van der Waals surface area contributed by atoms with Crippen molar-refractivity contribution < 1.29 is 9.90 Å². The highest BCUT2D eigenvalue weighted by Gasteiger charge is 2.23. The molecule has 1 amide bonds. The quantitative estimate of drug-likeness (QED) is 0.764. The van der Waals surface area contributed by atoms with Crippen LogP contribution in [0.1, 0.15) is 26.2 Å². The molecular formula is C12H24N2O2. The first-order valence-corrected chi connectivity index (χ1v) is 6.11. The molecule has 1 N–H and O–H groups in total. The van der Waals surface area contributed by atoms with Crippen molar-refractivity contribution >= 4 is 5.91 Å². The van der Waals surface area contributed by atoms with Crippen LogP contribution in [0.5, 0.6) is 0 Å². The van der Waals surface area contributed by atoms with E-state index in [9.17, 15) is 9.90 Å². The van der Waals surface area contributed by atoms with E-state index < -0.39 is 0 Å². The summed E-state index contributed by atoms with van der Waals surface area (Å²) in [6.45, 7) is 4.97. The number of amides is 1. The average Bonchev–Trinajstić information content (AvgIpc) is 2.23. The Labute approximate surface area is 98.2 Å². The third kappa shape index (κ3) is 4.10. The SMILES string of the molecule is CC1CN(CCCC(=O)N(C)C)CCC1O. The maximum Gasteiger partial charge on any atom is 0.222 e. The number of rotatable bonds is 4. The van der Waals surface area contributed by atoms with Gasteiger partial charge in [-0.25, -0.2) is 0 Å². The second kappa shape index (κ2) is 6.21. The van der Waals surface area contributed by atoms with Crippen molar-refractivity contribution in [2.45, 2.75) is 32.3 Å². The third-order valence-electron chi connectivity index (χ3n) is 3.31. The molecule has 0 aliphatic carbocycles. The molecule has 0 bridgehead atoms. The topological polar surface area (TPSA) is 43.8 Å². The van der Waals surface area contributed by atoms with Crippen molar-refractivity contribution in [1.82, 2.24) is 9.80 Å². The zero-order valence-corrected chi connectivity index (χ0v) is 10.6. The van der Waals surface area contributed by atoms with Gasteiger partial charge in [-0.15, -0.1) is 0 Å². The maximum atomic E-state index is 11.4. The zero-order chi connectivity index (χ0) is 12.1. The van der Waals surface area contributed by atoms with Crippen molar-refractivity contribution in [3.8, 4) is 0 Å². The number of likely N-dealkylation sites (tertiary alicyclic amines) is 1. The molecule has 2 atom stereocenters. The lowest BCUT2D eigenvalue weighted by Gasteiger charge is -2.34. The normalized spacial score (nSPS) is 26.8. The van der Waals surface area contributed by atoms with Gasteiger partial charge in [0.05, 0.1) is 6.10 Å². The number of aliphatic hydroxyl groups is 1. The highest BCUT2D eigenvalue weighted by molar-refractivity contribution is 5.75. The number of nitrogens with zero attached hydrogens (tertiary/aromatic N) is 2. The van der Waals surface area contributed by atoms with Crippen LogP contribution in [-0.4, -0.2) is 60.6 Å². The fourth-order valence-electron chi connectivity index (χ4n) is 2.10. The van der Waals surface area contributed by atoms with E-state index in [1.54, 1.807) is 19.0 Å². The molecule has 94 valence electrons. The van der Waals surface area contributed by atoms with E-state index in [0.717, 1.165) is 32.5 Å². The summed E-state index contributed by atoms with van der Waals surface area (Å²) in [7, 11) is 3.59. The summed E-state index contributed by atoms with van der Waals surface area (Å²) >= 11 is 0. The monoisotopic (exact) mass is 228 g/mol. The second-order valence-corrected chi connectivity index (χ2v) is 5.03. The van der Waals surface area contributed by atoms with Gasteiger partial charge in [-0.1, -0.05) is 6.92 Å². The molecule has 1 saturated heterocycles. The molecule has 1 heterocycles. The Bertz CT molecular complexity index is 231. The van der Waals surface area contributed by atoms with Crippen LogP contribution in [0.15, 0.2) is 0 Å². The lowest BCUT2D eigenvalue weighted by molar-refractivity contribution is -0.128. The van der Waals surface area contributed by atoms with Gasteiger partial charge in [0.1, 0.15) is 0 Å². The molecule has 4 heteroatoms. The van der Waals surface area contributed by atoms with Crippen molar-refractivity contribution in [2.24, 2.45) is 5.92 Å². The summed E-state index contributed by atoms with van der Waals surface area (Å²) in [4.78, 5) is 15.4. The molecule has 0 radical (unpaired) electrons. The first kappa shape index (κ1) is 13.5. The first-order chi connectivity index (χ1) is 7.50. The van der Waals surface area contributed by atoms with E-state index in [4.69, 9.17) is 0 Å². The van der Waals surface area contributed by atoms with Crippen LogP contribution in [0.2, 0.25) is 0 Å². The Balaban J connectivity index is 2.16. The third-order valence-corrected chi connectivity index (χ3v) is 3.31.